The molecule has 0 bridgehead atoms. The molecule has 0 saturated carbocycles. The third-order valence-corrected chi connectivity index (χ3v) is 4.30. The normalized spacial score (nSPS) is 17.8. The monoisotopic (exact) mass is 385 g/mol. The molecule has 5 nitrogen and oxygen atoms in total. The van der Waals surface area contributed by atoms with Crippen LogP contribution in [0.1, 0.15) is 31.1 Å². The van der Waals surface area contributed by atoms with E-state index in [9.17, 15) is 9.90 Å². The van der Waals surface area contributed by atoms with Crippen LogP contribution in [0.5, 0.6) is 0 Å². The Balaban J connectivity index is 0.00000225. The maximum Gasteiger partial charge on any atom is 0.308 e. The summed E-state index contributed by atoms with van der Waals surface area (Å²) in [7, 11) is 0. The van der Waals surface area contributed by atoms with Gasteiger partial charge in [-0.3, -0.25) is 4.79 Å². The van der Waals surface area contributed by atoms with Gasteiger partial charge in [0.1, 0.15) is 24.2 Å². The fraction of sp³-hybridized carbons (Fsp3) is 0.389. The molecule has 2 heterocycles. The first-order valence-corrected chi connectivity index (χ1v) is 8.42. The summed E-state index contributed by atoms with van der Waals surface area (Å²) in [6.45, 7) is 1.31. The number of furan rings is 1. The summed E-state index contributed by atoms with van der Waals surface area (Å²) in [6, 6.07) is 10.9. The van der Waals surface area contributed by atoms with E-state index in [2.05, 4.69) is 5.32 Å². The van der Waals surface area contributed by atoms with E-state index < -0.39 is 12.1 Å². The molecule has 7 heteroatoms. The van der Waals surface area contributed by atoms with Crippen LogP contribution in [-0.4, -0.2) is 30.3 Å². The summed E-state index contributed by atoms with van der Waals surface area (Å²) < 4.78 is 10.8. The number of hydrogen-bond acceptors (Lipinski definition) is 5. The number of benzene rings is 1. The minimum Gasteiger partial charge on any atom is -0.464 e. The van der Waals surface area contributed by atoms with Crippen LogP contribution in [0.3, 0.4) is 0 Å². The Morgan fingerprint density at radius 3 is 2.76 bits per heavy atom. The number of ether oxygens (including phenoxy) is 1. The van der Waals surface area contributed by atoms with Gasteiger partial charge in [0.15, 0.2) is 0 Å². The summed E-state index contributed by atoms with van der Waals surface area (Å²) in [5.74, 6) is 0.528. The van der Waals surface area contributed by atoms with Gasteiger partial charge < -0.3 is 19.6 Å². The van der Waals surface area contributed by atoms with Crippen molar-refractivity contribution in [2.75, 3.05) is 13.2 Å². The Labute approximate surface area is 157 Å². The van der Waals surface area contributed by atoms with Gasteiger partial charge in [0.25, 0.3) is 0 Å². The lowest BCUT2D eigenvalue weighted by Crippen LogP contribution is -2.28. The van der Waals surface area contributed by atoms with Gasteiger partial charge >= 0.3 is 5.97 Å². The second-order valence-electron chi connectivity index (χ2n) is 5.91. The number of hydrogen-bond donors (Lipinski definition) is 2. The van der Waals surface area contributed by atoms with Gasteiger partial charge in [-0.2, -0.15) is 0 Å². The molecule has 1 fully saturated rings. The quantitative estimate of drug-likeness (QED) is 0.740. The molecule has 2 atom stereocenters. The Kier molecular flexibility index (Phi) is 7.32. The second-order valence-corrected chi connectivity index (χ2v) is 6.34. The molecule has 0 amide bonds. The van der Waals surface area contributed by atoms with Crippen molar-refractivity contribution in [3.8, 4) is 11.3 Å². The molecule has 3 rings (SSSR count). The minimum absolute atomic E-state index is 0. The fourth-order valence-electron chi connectivity index (χ4n) is 2.71. The highest BCUT2D eigenvalue weighted by atomic mass is 35.5. The topological polar surface area (TPSA) is 71.7 Å². The molecule has 0 aliphatic carbocycles. The third kappa shape index (κ3) is 5.47. The van der Waals surface area contributed by atoms with E-state index in [4.69, 9.17) is 20.8 Å². The number of aliphatic hydroxyl groups is 1. The number of halogens is 2. The lowest BCUT2D eigenvalue weighted by atomic mass is 10.2. The van der Waals surface area contributed by atoms with Crippen LogP contribution in [0.15, 0.2) is 40.8 Å². The highest BCUT2D eigenvalue weighted by Gasteiger charge is 2.20. The van der Waals surface area contributed by atoms with Crippen LogP contribution < -0.4 is 5.32 Å². The Morgan fingerprint density at radius 1 is 1.32 bits per heavy atom. The number of carbonyl (C=O) groups excluding carboxylic acids is 1. The van der Waals surface area contributed by atoms with Gasteiger partial charge in [-0.15, -0.1) is 12.4 Å². The fourth-order valence-corrected chi connectivity index (χ4v) is 2.84. The third-order valence-electron chi connectivity index (χ3n) is 4.05. The van der Waals surface area contributed by atoms with Crippen molar-refractivity contribution in [2.24, 2.45) is 0 Å². The van der Waals surface area contributed by atoms with Crippen LogP contribution in [0.25, 0.3) is 11.3 Å². The molecule has 136 valence electrons. The van der Waals surface area contributed by atoms with Crippen LogP contribution in [0.4, 0.5) is 0 Å². The molecule has 2 unspecified atom stereocenters. The lowest BCUT2D eigenvalue weighted by Gasteiger charge is -2.12. The number of nitrogens with one attached hydrogen (secondary N) is 1. The summed E-state index contributed by atoms with van der Waals surface area (Å²) in [6.07, 6.45) is 0.971. The molecule has 0 radical (unpaired) electrons. The lowest BCUT2D eigenvalue weighted by molar-refractivity contribution is -0.146. The van der Waals surface area contributed by atoms with Gasteiger partial charge in [-0.1, -0.05) is 11.6 Å². The van der Waals surface area contributed by atoms with E-state index in [1.165, 1.54) is 0 Å². The van der Waals surface area contributed by atoms with Gasteiger partial charge in [0.2, 0.25) is 0 Å². The molecule has 1 aromatic carbocycles. The molecular formula is C18H21Cl2NO4. The predicted octanol–water partition coefficient (Wildman–Crippen LogP) is 3.74. The first-order chi connectivity index (χ1) is 11.6. The van der Waals surface area contributed by atoms with Crippen LogP contribution in [-0.2, 0) is 9.53 Å². The molecule has 1 aliphatic rings. The largest absolute Gasteiger partial charge is 0.464 e. The van der Waals surface area contributed by atoms with E-state index >= 15 is 0 Å². The molecule has 2 aromatic rings. The number of carbonyl (C=O) groups is 1. The van der Waals surface area contributed by atoms with E-state index in [1.54, 1.807) is 24.3 Å². The summed E-state index contributed by atoms with van der Waals surface area (Å²) in [5, 5.41) is 14.1. The van der Waals surface area contributed by atoms with E-state index in [0.29, 0.717) is 23.2 Å². The molecule has 0 spiro atoms. The van der Waals surface area contributed by atoms with Crippen molar-refractivity contribution in [3.05, 3.63) is 47.2 Å². The minimum atomic E-state index is -1.02. The number of aliphatic hydroxyl groups excluding tert-OH is 1. The SMILES string of the molecule is Cl.O=C(CC(O)c1ccc(-c2ccc(Cl)cc2)o1)OCC1CCCN1. The van der Waals surface area contributed by atoms with E-state index in [-0.39, 0.29) is 24.9 Å². The maximum atomic E-state index is 11.8. The second kappa shape index (κ2) is 9.25. The van der Waals surface area contributed by atoms with Gasteiger partial charge in [-0.05, 0) is 55.8 Å². The first kappa shape index (κ1) is 19.8. The summed E-state index contributed by atoms with van der Waals surface area (Å²) >= 11 is 5.86. The van der Waals surface area contributed by atoms with E-state index in [1.807, 2.05) is 12.1 Å². The van der Waals surface area contributed by atoms with Crippen molar-refractivity contribution < 1.29 is 19.1 Å². The highest BCUT2D eigenvalue weighted by Crippen LogP contribution is 2.27. The zero-order valence-corrected chi connectivity index (χ0v) is 15.2. The van der Waals surface area contributed by atoms with Gasteiger partial charge in [-0.25, -0.2) is 0 Å². The Bertz CT molecular complexity index is 681. The summed E-state index contributed by atoms with van der Waals surface area (Å²) in [5.41, 5.74) is 0.854. The maximum absolute atomic E-state index is 11.8. The average molecular weight is 386 g/mol. The molecule has 1 aliphatic heterocycles. The molecule has 1 saturated heterocycles. The Hall–Kier alpha value is -1.53. The van der Waals surface area contributed by atoms with Crippen LogP contribution >= 0.6 is 24.0 Å². The summed E-state index contributed by atoms with van der Waals surface area (Å²) in [4.78, 5) is 11.8. The number of rotatable bonds is 6. The van der Waals surface area contributed by atoms with E-state index in [0.717, 1.165) is 24.9 Å². The van der Waals surface area contributed by atoms with Crippen molar-refractivity contribution in [2.45, 2.75) is 31.4 Å². The molecule has 25 heavy (non-hydrogen) atoms. The first-order valence-electron chi connectivity index (χ1n) is 8.04. The van der Waals surface area contributed by atoms with Crippen LogP contribution in [0, 0.1) is 0 Å². The van der Waals surface area contributed by atoms with Crippen molar-refractivity contribution in [3.63, 3.8) is 0 Å². The van der Waals surface area contributed by atoms with Gasteiger partial charge in [0.05, 0.1) is 6.42 Å². The zero-order chi connectivity index (χ0) is 16.9. The van der Waals surface area contributed by atoms with Crippen molar-refractivity contribution >= 4 is 30.0 Å². The smallest absolute Gasteiger partial charge is 0.308 e. The van der Waals surface area contributed by atoms with Crippen LogP contribution in [0.2, 0.25) is 5.02 Å². The zero-order valence-electron chi connectivity index (χ0n) is 13.6. The average Bonchev–Trinajstić information content (AvgIpc) is 3.25. The standard InChI is InChI=1S/C18H20ClNO4.ClH/c19-13-5-3-12(4-6-13)16-7-8-17(24-16)15(21)10-18(22)23-11-14-2-1-9-20-14;/h3-8,14-15,20-21H,1-2,9-11H2;1H. The van der Waals surface area contributed by atoms with Crippen molar-refractivity contribution in [1.82, 2.24) is 5.32 Å². The highest BCUT2D eigenvalue weighted by molar-refractivity contribution is 6.30. The molecular weight excluding hydrogens is 365 g/mol. The predicted molar refractivity (Wildman–Crippen MR) is 98.0 cm³/mol. The van der Waals surface area contributed by atoms with Crippen molar-refractivity contribution in [1.29, 1.82) is 0 Å². The van der Waals surface area contributed by atoms with Gasteiger partial charge in [0, 0.05) is 16.6 Å². The Morgan fingerprint density at radius 2 is 2.08 bits per heavy atom. The molecule has 1 aromatic heterocycles. The number of esters is 1. The molecule has 2 N–H and O–H groups in total.